The van der Waals surface area contributed by atoms with Gasteiger partial charge in [-0.05, 0) is 70.3 Å². The number of rotatable bonds is 11. The van der Waals surface area contributed by atoms with Crippen LogP contribution in [0.15, 0.2) is 30.3 Å². The van der Waals surface area contributed by atoms with Gasteiger partial charge in [0.05, 0.1) is 17.4 Å². The summed E-state index contributed by atoms with van der Waals surface area (Å²) in [5, 5.41) is 15.5. The number of carbonyl (C=O) groups excluding carboxylic acids is 3. The fourth-order valence-electron chi connectivity index (χ4n) is 7.61. The van der Waals surface area contributed by atoms with Crippen molar-refractivity contribution in [3.05, 3.63) is 35.9 Å². The maximum Gasteiger partial charge on any atom is 0.246 e. The van der Waals surface area contributed by atoms with Crippen molar-refractivity contribution in [3.63, 3.8) is 0 Å². The van der Waals surface area contributed by atoms with Crippen LogP contribution >= 0.6 is 0 Å². The number of benzene rings is 1. The highest BCUT2D eigenvalue weighted by atomic mass is 16.5. The molecule has 3 heterocycles. The monoisotopic (exact) mass is 541 g/mol. The van der Waals surface area contributed by atoms with E-state index in [4.69, 9.17) is 4.74 Å². The molecule has 0 aliphatic carbocycles. The van der Waals surface area contributed by atoms with Gasteiger partial charge in [-0.25, -0.2) is 0 Å². The molecular formula is C31H47N3O5. The molecule has 0 aromatic heterocycles. The molecule has 3 fully saturated rings. The molecular weight excluding hydrogens is 494 g/mol. The van der Waals surface area contributed by atoms with E-state index in [1.807, 2.05) is 51.1 Å². The fraction of sp³-hybridized carbons (Fsp3) is 0.710. The molecule has 1 spiro atoms. The fourth-order valence-corrected chi connectivity index (χ4v) is 7.61. The highest BCUT2D eigenvalue weighted by Gasteiger charge is 2.77. The van der Waals surface area contributed by atoms with Crippen molar-refractivity contribution in [2.45, 2.75) is 109 Å². The lowest BCUT2D eigenvalue weighted by atomic mass is 9.66. The standard InChI is InChI=1S/C31H47N3O5/c1-28(2,3)20-29(4,5)33-26(37)24-31-16-15-30(6,39-31)22(25(36)32-19-21-13-9-7-10-14-21)23(31)27(38)34(24)17-11-8-12-18-35/h7,9-10,13-14,22-24,35H,8,11-12,15-20H2,1-6H3,(H,32,36)(H,33,37)/t22-,23-,24?,30+,31?/m0/s1. The molecule has 2 bridgehead atoms. The van der Waals surface area contributed by atoms with Crippen LogP contribution in [0.4, 0.5) is 0 Å². The van der Waals surface area contributed by atoms with Crippen LogP contribution in [-0.2, 0) is 25.7 Å². The first-order chi connectivity index (χ1) is 18.2. The first-order valence-corrected chi connectivity index (χ1v) is 14.5. The second-order valence-electron chi connectivity index (χ2n) is 13.9. The summed E-state index contributed by atoms with van der Waals surface area (Å²) in [6, 6.07) is 8.90. The summed E-state index contributed by atoms with van der Waals surface area (Å²) in [7, 11) is 0. The average Bonchev–Trinajstić information content (AvgIpc) is 3.40. The summed E-state index contributed by atoms with van der Waals surface area (Å²) < 4.78 is 6.71. The molecule has 0 saturated carbocycles. The minimum atomic E-state index is -1.03. The Morgan fingerprint density at radius 2 is 1.74 bits per heavy atom. The Kier molecular flexibility index (Phi) is 8.21. The topological polar surface area (TPSA) is 108 Å². The van der Waals surface area contributed by atoms with Crippen molar-refractivity contribution < 1.29 is 24.2 Å². The SMILES string of the molecule is CC(C)(C)CC(C)(C)NC(=O)C1N(CCCCCO)C(=O)[C@@H]2[C@@H](C(=O)NCc3ccccc3)[C@@]3(C)CCC12O3. The van der Waals surface area contributed by atoms with Crippen molar-refractivity contribution in [2.75, 3.05) is 13.2 Å². The van der Waals surface area contributed by atoms with Gasteiger partial charge in [0.25, 0.3) is 0 Å². The molecule has 3 aliphatic rings. The van der Waals surface area contributed by atoms with E-state index in [0.29, 0.717) is 38.8 Å². The molecule has 5 atom stereocenters. The Bertz CT molecular complexity index is 1070. The molecule has 1 aromatic carbocycles. The van der Waals surface area contributed by atoms with Crippen LogP contribution in [0, 0.1) is 17.3 Å². The molecule has 3 amide bonds. The van der Waals surface area contributed by atoms with E-state index in [0.717, 1.165) is 18.4 Å². The number of hydrogen-bond donors (Lipinski definition) is 3. The van der Waals surface area contributed by atoms with Crippen molar-refractivity contribution in [3.8, 4) is 0 Å². The van der Waals surface area contributed by atoms with Crippen LogP contribution in [0.1, 0.15) is 85.6 Å². The van der Waals surface area contributed by atoms with Gasteiger partial charge < -0.3 is 25.4 Å². The van der Waals surface area contributed by atoms with E-state index in [1.54, 1.807) is 4.90 Å². The number of likely N-dealkylation sites (tertiary alicyclic amines) is 1. The molecule has 3 N–H and O–H groups in total. The number of fused-ring (bicyclic) bond motifs is 1. The number of aliphatic hydroxyl groups is 1. The van der Waals surface area contributed by atoms with Gasteiger partial charge in [0.1, 0.15) is 11.6 Å². The van der Waals surface area contributed by atoms with Crippen molar-refractivity contribution in [1.29, 1.82) is 0 Å². The Morgan fingerprint density at radius 1 is 1.05 bits per heavy atom. The highest BCUT2D eigenvalue weighted by Crippen LogP contribution is 2.63. The van der Waals surface area contributed by atoms with Gasteiger partial charge in [-0.3, -0.25) is 14.4 Å². The Morgan fingerprint density at radius 3 is 2.38 bits per heavy atom. The summed E-state index contributed by atoms with van der Waals surface area (Å²) in [5.74, 6) is -1.95. The highest BCUT2D eigenvalue weighted by molar-refractivity contribution is 5.99. The van der Waals surface area contributed by atoms with Gasteiger partial charge in [-0.2, -0.15) is 0 Å². The Balaban J connectivity index is 1.62. The molecule has 1 aromatic rings. The predicted molar refractivity (Wildman–Crippen MR) is 149 cm³/mol. The summed E-state index contributed by atoms with van der Waals surface area (Å²) in [5.41, 5.74) is -1.33. The third kappa shape index (κ3) is 5.87. The molecule has 216 valence electrons. The molecule has 4 rings (SSSR count). The number of ether oxygens (including phenoxy) is 1. The van der Waals surface area contributed by atoms with Crippen molar-refractivity contribution in [1.82, 2.24) is 15.5 Å². The molecule has 39 heavy (non-hydrogen) atoms. The minimum absolute atomic E-state index is 0.00477. The number of amides is 3. The maximum atomic E-state index is 14.1. The molecule has 2 unspecified atom stereocenters. The molecule has 8 heteroatoms. The zero-order chi connectivity index (χ0) is 28.6. The van der Waals surface area contributed by atoms with E-state index < -0.39 is 34.6 Å². The van der Waals surface area contributed by atoms with Gasteiger partial charge in [-0.1, -0.05) is 51.1 Å². The van der Waals surface area contributed by atoms with Crippen molar-refractivity contribution >= 4 is 17.7 Å². The number of nitrogens with one attached hydrogen (secondary N) is 2. The second-order valence-corrected chi connectivity index (χ2v) is 13.9. The largest absolute Gasteiger partial charge is 0.396 e. The lowest BCUT2D eigenvalue weighted by Crippen LogP contribution is -2.59. The van der Waals surface area contributed by atoms with Gasteiger partial charge in [0.15, 0.2) is 0 Å². The number of carbonyl (C=O) groups is 3. The van der Waals surface area contributed by atoms with Crippen LogP contribution in [0.2, 0.25) is 0 Å². The van der Waals surface area contributed by atoms with Crippen LogP contribution in [-0.4, -0.2) is 63.7 Å². The number of hydrogen-bond acceptors (Lipinski definition) is 5. The van der Waals surface area contributed by atoms with Crippen molar-refractivity contribution in [2.24, 2.45) is 17.3 Å². The van der Waals surface area contributed by atoms with Gasteiger partial charge in [0, 0.05) is 25.2 Å². The van der Waals surface area contributed by atoms with Gasteiger partial charge in [-0.15, -0.1) is 0 Å². The lowest BCUT2D eigenvalue weighted by molar-refractivity contribution is -0.147. The van der Waals surface area contributed by atoms with Crippen LogP contribution < -0.4 is 10.6 Å². The zero-order valence-corrected chi connectivity index (χ0v) is 24.5. The van der Waals surface area contributed by atoms with E-state index in [-0.39, 0.29) is 29.7 Å². The first-order valence-electron chi connectivity index (χ1n) is 14.5. The normalized spacial score (nSPS) is 30.0. The van der Waals surface area contributed by atoms with Crippen LogP contribution in [0.25, 0.3) is 0 Å². The molecule has 3 saturated heterocycles. The van der Waals surface area contributed by atoms with Gasteiger partial charge in [0.2, 0.25) is 17.7 Å². The quantitative estimate of drug-likeness (QED) is 0.371. The lowest BCUT2D eigenvalue weighted by Gasteiger charge is -2.38. The summed E-state index contributed by atoms with van der Waals surface area (Å²) >= 11 is 0. The molecule has 3 aliphatic heterocycles. The van der Waals surface area contributed by atoms with E-state index >= 15 is 0 Å². The number of unbranched alkanes of at least 4 members (excludes halogenated alkanes) is 2. The smallest absolute Gasteiger partial charge is 0.246 e. The van der Waals surface area contributed by atoms with E-state index in [1.165, 1.54) is 0 Å². The minimum Gasteiger partial charge on any atom is -0.396 e. The number of nitrogens with zero attached hydrogens (tertiary/aromatic N) is 1. The zero-order valence-electron chi connectivity index (χ0n) is 24.5. The Labute approximate surface area is 233 Å². The molecule has 8 nitrogen and oxygen atoms in total. The van der Waals surface area contributed by atoms with E-state index in [2.05, 4.69) is 31.4 Å². The van der Waals surface area contributed by atoms with Gasteiger partial charge >= 0.3 is 0 Å². The van der Waals surface area contributed by atoms with E-state index in [9.17, 15) is 19.5 Å². The summed E-state index contributed by atoms with van der Waals surface area (Å²) in [6.07, 6.45) is 4.02. The van der Waals surface area contributed by atoms with Crippen LogP contribution in [0.3, 0.4) is 0 Å². The molecule has 0 radical (unpaired) electrons. The van der Waals surface area contributed by atoms with Crippen LogP contribution in [0.5, 0.6) is 0 Å². The summed E-state index contributed by atoms with van der Waals surface area (Å²) in [6.45, 7) is 13.2. The maximum absolute atomic E-state index is 14.1. The first kappa shape index (κ1) is 29.5. The Hall–Kier alpha value is -2.45. The average molecular weight is 542 g/mol. The second kappa shape index (κ2) is 10.8. The number of aliphatic hydroxyl groups excluding tert-OH is 1. The third-order valence-electron chi connectivity index (χ3n) is 8.61. The third-order valence-corrected chi connectivity index (χ3v) is 8.61. The predicted octanol–water partition coefficient (Wildman–Crippen LogP) is 3.56. The summed E-state index contributed by atoms with van der Waals surface area (Å²) in [4.78, 5) is 43.5.